The monoisotopic (exact) mass is 248 g/mol. The quantitative estimate of drug-likeness (QED) is 0.544. The molecule has 96 valence electrons. The summed E-state index contributed by atoms with van der Waals surface area (Å²) >= 11 is 0. The number of carbonyl (C=O) groups excluding carboxylic acids is 2. The van der Waals surface area contributed by atoms with Gasteiger partial charge in [0.15, 0.2) is 6.20 Å². The summed E-state index contributed by atoms with van der Waals surface area (Å²) in [5, 5.41) is 11.5. The molecule has 0 spiro atoms. The van der Waals surface area contributed by atoms with E-state index in [1.54, 1.807) is 17.9 Å². The van der Waals surface area contributed by atoms with Crippen LogP contribution in [-0.2, 0) is 4.79 Å². The number of hydrogen-bond donors (Lipinski definition) is 0. The molecule has 0 atom stereocenters. The van der Waals surface area contributed by atoms with Crippen LogP contribution >= 0.6 is 0 Å². The predicted octanol–water partition coefficient (Wildman–Crippen LogP) is 0.742. The molecule has 0 aliphatic carbocycles. The van der Waals surface area contributed by atoms with Crippen LogP contribution in [0.4, 0.5) is 0 Å². The average Bonchev–Trinajstić information content (AvgIpc) is 2.35. The number of carbonyl (C=O) groups is 2. The van der Waals surface area contributed by atoms with Crippen molar-refractivity contribution in [2.75, 3.05) is 13.1 Å². The summed E-state index contributed by atoms with van der Waals surface area (Å²) in [6, 6.07) is 1.64. The van der Waals surface area contributed by atoms with Crippen molar-refractivity contribution in [2.45, 2.75) is 26.7 Å². The predicted molar refractivity (Wildman–Crippen MR) is 65.0 cm³/mol. The number of pyridine rings is 1. The van der Waals surface area contributed by atoms with Crippen molar-refractivity contribution in [2.24, 2.45) is 0 Å². The van der Waals surface area contributed by atoms with Crippen molar-refractivity contribution in [3.05, 3.63) is 34.3 Å². The molecule has 0 radical (unpaired) electrons. The minimum absolute atomic E-state index is 0.150. The van der Waals surface area contributed by atoms with Gasteiger partial charge in [-0.15, -0.1) is 0 Å². The highest BCUT2D eigenvalue weighted by atomic mass is 16.5. The highest BCUT2D eigenvalue weighted by molar-refractivity contribution is 5.97. The number of Topliss-reactive ketones (excluding diaryl/α,β-unsaturated/α-hetero) is 1. The molecule has 18 heavy (non-hydrogen) atoms. The van der Waals surface area contributed by atoms with Gasteiger partial charge in [-0.25, -0.2) is 0 Å². The van der Waals surface area contributed by atoms with E-state index < -0.39 is 0 Å². The maximum atomic E-state index is 12.4. The Morgan fingerprint density at radius 1 is 1.33 bits per heavy atom. The molecule has 1 amide bonds. The van der Waals surface area contributed by atoms with Gasteiger partial charge in [-0.1, -0.05) is 0 Å². The third kappa shape index (κ3) is 2.20. The first-order valence-corrected chi connectivity index (χ1v) is 6.01. The number of likely N-dealkylation sites (tertiary alicyclic amines) is 1. The number of hydrogen-bond acceptors (Lipinski definition) is 3. The number of ketones is 1. The number of amides is 1. The third-order valence-corrected chi connectivity index (χ3v) is 3.37. The second-order valence-corrected chi connectivity index (χ2v) is 4.62. The van der Waals surface area contributed by atoms with Gasteiger partial charge in [-0.05, 0) is 12.5 Å². The second kappa shape index (κ2) is 4.76. The number of piperidine rings is 1. The van der Waals surface area contributed by atoms with Gasteiger partial charge < -0.3 is 10.1 Å². The van der Waals surface area contributed by atoms with Gasteiger partial charge in [0.1, 0.15) is 11.3 Å². The van der Waals surface area contributed by atoms with E-state index in [2.05, 4.69) is 0 Å². The van der Waals surface area contributed by atoms with Crippen molar-refractivity contribution < 1.29 is 14.3 Å². The number of aryl methyl sites for hydroxylation is 1. The first kappa shape index (κ1) is 12.5. The molecule has 1 aliphatic heterocycles. The van der Waals surface area contributed by atoms with Crippen molar-refractivity contribution in [1.29, 1.82) is 0 Å². The lowest BCUT2D eigenvalue weighted by Crippen LogP contribution is -2.41. The van der Waals surface area contributed by atoms with E-state index in [1.807, 2.05) is 6.92 Å². The molecule has 0 aromatic carbocycles. The summed E-state index contributed by atoms with van der Waals surface area (Å²) in [6.45, 7) is 4.35. The molecule has 5 heteroatoms. The number of rotatable bonds is 1. The van der Waals surface area contributed by atoms with Crippen molar-refractivity contribution >= 4 is 11.7 Å². The lowest BCUT2D eigenvalue weighted by molar-refractivity contribution is -0.612. The maximum Gasteiger partial charge on any atom is 0.260 e. The number of aromatic nitrogens is 1. The van der Waals surface area contributed by atoms with E-state index in [1.165, 1.54) is 6.20 Å². The molecule has 0 saturated carbocycles. The molecule has 5 nitrogen and oxygen atoms in total. The van der Waals surface area contributed by atoms with Crippen LogP contribution in [-0.4, -0.2) is 29.7 Å². The fraction of sp³-hybridized carbons (Fsp3) is 0.462. The van der Waals surface area contributed by atoms with Gasteiger partial charge in [-0.3, -0.25) is 9.59 Å². The Hall–Kier alpha value is -1.91. The van der Waals surface area contributed by atoms with Crippen molar-refractivity contribution in [3.8, 4) is 0 Å². The molecule has 0 unspecified atom stereocenters. The molecule has 1 fully saturated rings. The molecule has 1 aromatic rings. The summed E-state index contributed by atoms with van der Waals surface area (Å²) in [5.41, 5.74) is 1.67. The first-order chi connectivity index (χ1) is 8.50. The van der Waals surface area contributed by atoms with Crippen LogP contribution in [0.3, 0.4) is 0 Å². The van der Waals surface area contributed by atoms with Crippen molar-refractivity contribution in [1.82, 2.24) is 4.90 Å². The number of nitrogens with zero attached hydrogens (tertiary/aromatic N) is 2. The first-order valence-electron chi connectivity index (χ1n) is 6.01. The van der Waals surface area contributed by atoms with E-state index >= 15 is 0 Å². The zero-order chi connectivity index (χ0) is 13.3. The summed E-state index contributed by atoms with van der Waals surface area (Å²) in [4.78, 5) is 25.2. The molecular formula is C13H16N2O3. The molecule has 0 bridgehead atoms. The van der Waals surface area contributed by atoms with Gasteiger partial charge in [0.05, 0.1) is 0 Å². The molecule has 2 heterocycles. The molecule has 1 aliphatic rings. The standard InChI is InChI=1S/C13H16N2O3/c1-9-3-8-15(18)10(2)12(9)13(17)14-6-4-11(16)5-7-14/h3,8H,4-7H2,1-2H3. The van der Waals surface area contributed by atoms with Crippen LogP contribution in [0.25, 0.3) is 0 Å². The van der Waals surface area contributed by atoms with Gasteiger partial charge in [-0.2, -0.15) is 4.73 Å². The van der Waals surface area contributed by atoms with Crippen LogP contribution < -0.4 is 4.73 Å². The maximum absolute atomic E-state index is 12.4. The fourth-order valence-corrected chi connectivity index (χ4v) is 2.21. The summed E-state index contributed by atoms with van der Waals surface area (Å²) < 4.78 is 0.704. The average molecular weight is 248 g/mol. The minimum atomic E-state index is -0.150. The van der Waals surface area contributed by atoms with Gasteiger partial charge >= 0.3 is 0 Å². The summed E-state index contributed by atoms with van der Waals surface area (Å²) in [5.74, 6) is 0.0437. The van der Waals surface area contributed by atoms with Crippen LogP contribution in [0, 0.1) is 19.1 Å². The van der Waals surface area contributed by atoms with Gasteiger partial charge in [0.25, 0.3) is 5.91 Å². The fourth-order valence-electron chi connectivity index (χ4n) is 2.21. The van der Waals surface area contributed by atoms with Crippen LogP contribution in [0.2, 0.25) is 0 Å². The normalized spacial score (nSPS) is 15.9. The van der Waals surface area contributed by atoms with E-state index in [0.29, 0.717) is 41.9 Å². The van der Waals surface area contributed by atoms with Crippen LogP contribution in [0.5, 0.6) is 0 Å². The highest BCUT2D eigenvalue weighted by Gasteiger charge is 2.26. The van der Waals surface area contributed by atoms with E-state index in [0.717, 1.165) is 5.56 Å². The lowest BCUT2D eigenvalue weighted by Gasteiger charge is -2.26. The van der Waals surface area contributed by atoms with Gasteiger partial charge in [0, 0.05) is 38.9 Å². The molecular weight excluding hydrogens is 232 g/mol. The Balaban J connectivity index is 2.29. The summed E-state index contributed by atoms with van der Waals surface area (Å²) in [6.07, 6.45) is 2.23. The zero-order valence-electron chi connectivity index (χ0n) is 10.6. The Morgan fingerprint density at radius 2 is 1.94 bits per heavy atom. The molecule has 1 saturated heterocycles. The Kier molecular flexibility index (Phi) is 3.32. The van der Waals surface area contributed by atoms with Crippen LogP contribution in [0.1, 0.15) is 34.5 Å². The molecule has 1 aromatic heterocycles. The topological polar surface area (TPSA) is 64.3 Å². The lowest BCUT2D eigenvalue weighted by atomic mass is 10.0. The molecule has 0 N–H and O–H groups in total. The van der Waals surface area contributed by atoms with E-state index in [-0.39, 0.29) is 11.7 Å². The Morgan fingerprint density at radius 3 is 2.56 bits per heavy atom. The van der Waals surface area contributed by atoms with Crippen LogP contribution in [0.15, 0.2) is 12.3 Å². The Labute approximate surface area is 106 Å². The highest BCUT2D eigenvalue weighted by Crippen LogP contribution is 2.15. The third-order valence-electron chi connectivity index (χ3n) is 3.37. The SMILES string of the molecule is Cc1cc[n+]([O-])c(C)c1C(=O)N1CCC(=O)CC1. The van der Waals surface area contributed by atoms with Gasteiger partial charge in [0.2, 0.25) is 5.69 Å². The zero-order valence-corrected chi connectivity index (χ0v) is 10.6. The van der Waals surface area contributed by atoms with E-state index in [9.17, 15) is 14.8 Å². The summed E-state index contributed by atoms with van der Waals surface area (Å²) in [7, 11) is 0. The molecule has 2 rings (SSSR count). The smallest absolute Gasteiger partial charge is 0.260 e. The Bertz CT molecular complexity index is 501. The largest absolute Gasteiger partial charge is 0.618 e. The minimum Gasteiger partial charge on any atom is -0.618 e. The van der Waals surface area contributed by atoms with E-state index in [4.69, 9.17) is 0 Å². The van der Waals surface area contributed by atoms with Crippen molar-refractivity contribution in [3.63, 3.8) is 0 Å². The second-order valence-electron chi connectivity index (χ2n) is 4.62.